The molecule has 0 unspecified atom stereocenters. The van der Waals surface area contributed by atoms with Crippen molar-refractivity contribution in [1.29, 1.82) is 0 Å². The Morgan fingerprint density at radius 3 is 3.00 bits per heavy atom. The number of urea groups is 1. The largest absolute Gasteiger partial charge is 0.363 e. The molecule has 0 aromatic carbocycles. The number of anilines is 1. The second-order valence-electron chi connectivity index (χ2n) is 3.05. The van der Waals surface area contributed by atoms with Gasteiger partial charge in [-0.05, 0) is 0 Å². The maximum Gasteiger partial charge on any atom is 0.323 e. The monoisotopic (exact) mass is 196 g/mol. The molecule has 2 rings (SSSR count). The van der Waals surface area contributed by atoms with E-state index in [1.807, 2.05) is 0 Å². The Morgan fingerprint density at radius 2 is 2.36 bits per heavy atom. The summed E-state index contributed by atoms with van der Waals surface area (Å²) in [6.45, 7) is 3.13. The highest BCUT2D eigenvalue weighted by Gasteiger charge is 2.16. The van der Waals surface area contributed by atoms with Crippen molar-refractivity contribution >= 4 is 11.8 Å². The fraction of sp³-hybridized carbons (Fsp3) is 0.500. The summed E-state index contributed by atoms with van der Waals surface area (Å²) in [4.78, 5) is 13.3. The van der Waals surface area contributed by atoms with Crippen molar-refractivity contribution in [2.75, 3.05) is 31.5 Å². The van der Waals surface area contributed by atoms with E-state index >= 15 is 0 Å². The molecule has 2 heterocycles. The van der Waals surface area contributed by atoms with Crippen LogP contribution in [0.4, 0.5) is 10.6 Å². The van der Waals surface area contributed by atoms with Gasteiger partial charge in [0, 0.05) is 32.2 Å². The number of piperazine rings is 1. The van der Waals surface area contributed by atoms with Crippen molar-refractivity contribution in [3.05, 3.63) is 12.3 Å². The highest BCUT2D eigenvalue weighted by Crippen LogP contribution is 2.03. The molecule has 6 heteroatoms. The average molecular weight is 196 g/mol. The van der Waals surface area contributed by atoms with Crippen molar-refractivity contribution in [1.82, 2.24) is 15.4 Å². The number of carbonyl (C=O) groups is 1. The molecule has 14 heavy (non-hydrogen) atoms. The van der Waals surface area contributed by atoms with E-state index in [-0.39, 0.29) is 6.03 Å². The smallest absolute Gasteiger partial charge is 0.323 e. The van der Waals surface area contributed by atoms with Crippen LogP contribution in [-0.2, 0) is 0 Å². The third kappa shape index (κ3) is 2.02. The van der Waals surface area contributed by atoms with E-state index in [2.05, 4.69) is 20.3 Å². The maximum atomic E-state index is 11.6. The first kappa shape index (κ1) is 9.01. The first-order chi connectivity index (χ1) is 6.86. The molecule has 1 aromatic heterocycles. The molecule has 2 N–H and O–H groups in total. The van der Waals surface area contributed by atoms with Gasteiger partial charge in [0.25, 0.3) is 0 Å². The highest BCUT2D eigenvalue weighted by atomic mass is 16.5. The number of aromatic nitrogens is 1. The number of amides is 2. The second kappa shape index (κ2) is 4.10. The van der Waals surface area contributed by atoms with Gasteiger partial charge in [-0.25, -0.2) is 4.79 Å². The van der Waals surface area contributed by atoms with Crippen LogP contribution >= 0.6 is 0 Å². The van der Waals surface area contributed by atoms with Crippen molar-refractivity contribution in [2.45, 2.75) is 0 Å². The topological polar surface area (TPSA) is 70.4 Å². The molecule has 6 nitrogen and oxygen atoms in total. The van der Waals surface area contributed by atoms with Gasteiger partial charge in [0.1, 0.15) is 6.26 Å². The molecule has 2 amide bonds. The minimum Gasteiger partial charge on any atom is -0.363 e. The number of rotatable bonds is 1. The van der Waals surface area contributed by atoms with Gasteiger partial charge in [0.15, 0.2) is 5.82 Å². The lowest BCUT2D eigenvalue weighted by Gasteiger charge is -2.26. The minimum absolute atomic E-state index is 0.125. The quantitative estimate of drug-likeness (QED) is 0.669. The molecule has 0 bridgehead atoms. The van der Waals surface area contributed by atoms with Gasteiger partial charge in [-0.15, -0.1) is 0 Å². The predicted molar refractivity (Wildman–Crippen MR) is 50.0 cm³/mol. The summed E-state index contributed by atoms with van der Waals surface area (Å²) in [6, 6.07) is 1.49. The molecule has 0 radical (unpaired) electrons. The van der Waals surface area contributed by atoms with Crippen LogP contribution in [-0.4, -0.2) is 42.3 Å². The Labute approximate surface area is 81.2 Å². The standard InChI is InChI=1S/C8H12N4O2/c13-8(10-7-1-6-14-11-7)12-4-2-9-3-5-12/h1,6,9H,2-5H2,(H,10,11,13). The summed E-state index contributed by atoms with van der Waals surface area (Å²) in [5, 5.41) is 9.42. The van der Waals surface area contributed by atoms with Gasteiger partial charge in [0.2, 0.25) is 0 Å². The van der Waals surface area contributed by atoms with Crippen LogP contribution < -0.4 is 10.6 Å². The Morgan fingerprint density at radius 1 is 1.57 bits per heavy atom. The van der Waals surface area contributed by atoms with E-state index in [0.29, 0.717) is 5.82 Å². The van der Waals surface area contributed by atoms with Crippen LogP contribution in [0.3, 0.4) is 0 Å². The zero-order valence-electron chi connectivity index (χ0n) is 7.69. The van der Waals surface area contributed by atoms with E-state index < -0.39 is 0 Å². The summed E-state index contributed by atoms with van der Waals surface area (Å²) < 4.78 is 4.61. The normalized spacial score (nSPS) is 16.7. The molecule has 1 aliphatic heterocycles. The Balaban J connectivity index is 1.88. The summed E-state index contributed by atoms with van der Waals surface area (Å²) in [5.74, 6) is 0.452. The summed E-state index contributed by atoms with van der Waals surface area (Å²) >= 11 is 0. The number of hydrogen-bond donors (Lipinski definition) is 2. The number of nitrogens with one attached hydrogen (secondary N) is 2. The summed E-state index contributed by atoms with van der Waals surface area (Å²) in [6.07, 6.45) is 1.42. The van der Waals surface area contributed by atoms with Crippen LogP contribution in [0.5, 0.6) is 0 Å². The number of hydrogen-bond acceptors (Lipinski definition) is 4. The third-order valence-corrected chi connectivity index (χ3v) is 2.08. The molecule has 1 aliphatic rings. The van der Waals surface area contributed by atoms with Crippen LogP contribution in [0.25, 0.3) is 0 Å². The van der Waals surface area contributed by atoms with Gasteiger partial charge in [0.05, 0.1) is 0 Å². The fourth-order valence-corrected chi connectivity index (χ4v) is 1.33. The van der Waals surface area contributed by atoms with Crippen molar-refractivity contribution in [3.63, 3.8) is 0 Å². The Hall–Kier alpha value is -1.56. The van der Waals surface area contributed by atoms with Crippen molar-refractivity contribution in [2.24, 2.45) is 0 Å². The Kier molecular flexibility index (Phi) is 2.64. The van der Waals surface area contributed by atoms with Gasteiger partial charge in [-0.2, -0.15) is 0 Å². The van der Waals surface area contributed by atoms with Gasteiger partial charge >= 0.3 is 6.03 Å². The van der Waals surface area contributed by atoms with E-state index in [9.17, 15) is 4.79 Å². The molecule has 0 saturated carbocycles. The van der Waals surface area contributed by atoms with E-state index in [0.717, 1.165) is 26.2 Å². The molecule has 0 spiro atoms. The fourth-order valence-electron chi connectivity index (χ4n) is 1.33. The highest BCUT2D eigenvalue weighted by molar-refractivity contribution is 5.88. The minimum atomic E-state index is -0.125. The lowest BCUT2D eigenvalue weighted by molar-refractivity contribution is 0.203. The SMILES string of the molecule is O=C(Nc1ccon1)N1CCNCC1. The molecule has 76 valence electrons. The molecular formula is C8H12N4O2. The molecule has 0 atom stereocenters. The van der Waals surface area contributed by atoms with Crippen LogP contribution in [0.15, 0.2) is 16.9 Å². The molecule has 1 aromatic rings. The maximum absolute atomic E-state index is 11.6. The van der Waals surface area contributed by atoms with Crippen LogP contribution in [0, 0.1) is 0 Å². The third-order valence-electron chi connectivity index (χ3n) is 2.08. The van der Waals surface area contributed by atoms with E-state index in [1.165, 1.54) is 6.26 Å². The number of carbonyl (C=O) groups excluding carboxylic acids is 1. The first-order valence-electron chi connectivity index (χ1n) is 4.53. The van der Waals surface area contributed by atoms with Gasteiger partial charge in [-0.1, -0.05) is 5.16 Å². The summed E-state index contributed by atoms with van der Waals surface area (Å²) in [5.41, 5.74) is 0. The zero-order valence-corrected chi connectivity index (χ0v) is 7.69. The first-order valence-corrected chi connectivity index (χ1v) is 4.53. The second-order valence-corrected chi connectivity index (χ2v) is 3.05. The average Bonchev–Trinajstić information content (AvgIpc) is 2.72. The lowest BCUT2D eigenvalue weighted by atomic mass is 10.4. The van der Waals surface area contributed by atoms with Crippen LogP contribution in [0.2, 0.25) is 0 Å². The number of nitrogens with zero attached hydrogens (tertiary/aromatic N) is 2. The van der Waals surface area contributed by atoms with E-state index in [1.54, 1.807) is 11.0 Å². The molecule has 1 saturated heterocycles. The molecular weight excluding hydrogens is 184 g/mol. The van der Waals surface area contributed by atoms with Crippen molar-refractivity contribution < 1.29 is 9.32 Å². The Bertz CT molecular complexity index is 292. The predicted octanol–water partition coefficient (Wildman–Crippen LogP) is 0.112. The van der Waals surface area contributed by atoms with Crippen molar-refractivity contribution in [3.8, 4) is 0 Å². The van der Waals surface area contributed by atoms with Gasteiger partial charge < -0.3 is 14.7 Å². The molecule has 1 fully saturated rings. The summed E-state index contributed by atoms with van der Waals surface area (Å²) in [7, 11) is 0. The zero-order chi connectivity index (χ0) is 9.80. The van der Waals surface area contributed by atoms with E-state index in [4.69, 9.17) is 0 Å². The molecule has 0 aliphatic carbocycles. The van der Waals surface area contributed by atoms with Gasteiger partial charge in [-0.3, -0.25) is 5.32 Å². The lowest BCUT2D eigenvalue weighted by Crippen LogP contribution is -2.48. The van der Waals surface area contributed by atoms with Crippen LogP contribution in [0.1, 0.15) is 0 Å².